The summed E-state index contributed by atoms with van der Waals surface area (Å²) >= 11 is 0. The third-order valence-electron chi connectivity index (χ3n) is 2.44. The first-order valence-electron chi connectivity index (χ1n) is 4.79. The highest BCUT2D eigenvalue weighted by atomic mass is 16.5. The first-order valence-corrected chi connectivity index (χ1v) is 4.79. The number of carbonyl (C=O) groups is 2. The van der Waals surface area contributed by atoms with E-state index in [2.05, 4.69) is 5.32 Å². The molecule has 1 fully saturated rings. The molecule has 2 atom stereocenters. The van der Waals surface area contributed by atoms with Crippen LogP contribution in [0.4, 0.5) is 0 Å². The molecule has 1 heterocycles. The number of aliphatic hydroxyl groups excluding tert-OH is 1. The Hall–Kier alpha value is -1.14. The van der Waals surface area contributed by atoms with E-state index in [0.717, 1.165) is 6.42 Å². The standard InChI is InChI=1S/C9H15NO5/c1-9(3-2-4-15-9)8(14)10-5-6(11)7(12)13/h6,11H,2-5H2,1H3,(H,10,14)(H,12,13)/t6-,9?/m0/s1. The van der Waals surface area contributed by atoms with Crippen molar-refractivity contribution in [2.24, 2.45) is 0 Å². The maximum absolute atomic E-state index is 11.6. The zero-order chi connectivity index (χ0) is 11.5. The highest BCUT2D eigenvalue weighted by Crippen LogP contribution is 2.24. The van der Waals surface area contributed by atoms with Gasteiger partial charge in [-0.15, -0.1) is 0 Å². The van der Waals surface area contributed by atoms with Crippen molar-refractivity contribution in [2.75, 3.05) is 13.2 Å². The van der Waals surface area contributed by atoms with E-state index < -0.39 is 17.7 Å². The van der Waals surface area contributed by atoms with E-state index in [0.29, 0.717) is 13.0 Å². The van der Waals surface area contributed by atoms with Crippen LogP contribution in [-0.2, 0) is 14.3 Å². The number of carboxylic acids is 1. The van der Waals surface area contributed by atoms with E-state index in [1.165, 1.54) is 0 Å². The van der Waals surface area contributed by atoms with Crippen LogP contribution in [-0.4, -0.2) is 46.9 Å². The molecule has 1 saturated heterocycles. The number of hydrogen-bond acceptors (Lipinski definition) is 4. The molecular weight excluding hydrogens is 202 g/mol. The Labute approximate surface area is 87.2 Å². The lowest BCUT2D eigenvalue weighted by molar-refractivity contribution is -0.147. The van der Waals surface area contributed by atoms with E-state index in [-0.39, 0.29) is 12.5 Å². The van der Waals surface area contributed by atoms with Crippen LogP contribution in [0.15, 0.2) is 0 Å². The van der Waals surface area contributed by atoms with Crippen molar-refractivity contribution >= 4 is 11.9 Å². The van der Waals surface area contributed by atoms with E-state index in [9.17, 15) is 9.59 Å². The maximum atomic E-state index is 11.6. The number of carbonyl (C=O) groups excluding carboxylic acids is 1. The molecule has 0 spiro atoms. The Balaban J connectivity index is 2.39. The van der Waals surface area contributed by atoms with E-state index >= 15 is 0 Å². The normalized spacial score (nSPS) is 27.3. The third-order valence-corrected chi connectivity index (χ3v) is 2.44. The summed E-state index contributed by atoms with van der Waals surface area (Å²) < 4.78 is 5.25. The summed E-state index contributed by atoms with van der Waals surface area (Å²) in [7, 11) is 0. The maximum Gasteiger partial charge on any atom is 0.334 e. The van der Waals surface area contributed by atoms with Crippen LogP contribution in [0.1, 0.15) is 19.8 Å². The van der Waals surface area contributed by atoms with Gasteiger partial charge in [-0.2, -0.15) is 0 Å². The first kappa shape index (κ1) is 11.9. The summed E-state index contributed by atoms with van der Waals surface area (Å²) in [6.07, 6.45) is -0.146. The van der Waals surface area contributed by atoms with Crippen molar-refractivity contribution in [1.82, 2.24) is 5.32 Å². The molecule has 0 bridgehead atoms. The van der Waals surface area contributed by atoms with Gasteiger partial charge >= 0.3 is 5.97 Å². The number of aliphatic hydroxyl groups is 1. The zero-order valence-electron chi connectivity index (χ0n) is 8.52. The largest absolute Gasteiger partial charge is 0.479 e. The fraction of sp³-hybridized carbons (Fsp3) is 0.778. The van der Waals surface area contributed by atoms with Crippen LogP contribution in [0.25, 0.3) is 0 Å². The molecule has 15 heavy (non-hydrogen) atoms. The van der Waals surface area contributed by atoms with Gasteiger partial charge in [-0.25, -0.2) is 4.79 Å². The highest BCUT2D eigenvalue weighted by Gasteiger charge is 2.37. The van der Waals surface area contributed by atoms with E-state index in [4.69, 9.17) is 14.9 Å². The Morgan fingerprint density at radius 2 is 2.27 bits per heavy atom. The lowest BCUT2D eigenvalue weighted by Gasteiger charge is -2.22. The number of carboxylic acid groups (broad SMARTS) is 1. The van der Waals surface area contributed by atoms with Crippen LogP contribution in [0.2, 0.25) is 0 Å². The number of ether oxygens (including phenoxy) is 1. The van der Waals surface area contributed by atoms with Crippen molar-refractivity contribution in [3.8, 4) is 0 Å². The molecule has 0 aromatic carbocycles. The number of amides is 1. The number of rotatable bonds is 4. The van der Waals surface area contributed by atoms with Crippen LogP contribution < -0.4 is 5.32 Å². The molecule has 1 amide bonds. The summed E-state index contributed by atoms with van der Waals surface area (Å²) in [4.78, 5) is 21.8. The van der Waals surface area contributed by atoms with Crippen LogP contribution in [0.5, 0.6) is 0 Å². The lowest BCUT2D eigenvalue weighted by Crippen LogP contribution is -2.47. The second kappa shape index (κ2) is 4.59. The van der Waals surface area contributed by atoms with Gasteiger partial charge in [0.15, 0.2) is 6.10 Å². The van der Waals surface area contributed by atoms with Crippen LogP contribution in [0.3, 0.4) is 0 Å². The van der Waals surface area contributed by atoms with Gasteiger partial charge in [-0.1, -0.05) is 0 Å². The topological polar surface area (TPSA) is 95.9 Å². The molecule has 6 nitrogen and oxygen atoms in total. The minimum Gasteiger partial charge on any atom is -0.479 e. The van der Waals surface area contributed by atoms with Gasteiger partial charge in [-0.3, -0.25) is 4.79 Å². The van der Waals surface area contributed by atoms with Gasteiger partial charge in [0.05, 0.1) is 6.54 Å². The molecule has 1 aliphatic heterocycles. The Morgan fingerprint density at radius 1 is 1.60 bits per heavy atom. The Kier molecular flexibility index (Phi) is 3.65. The highest BCUT2D eigenvalue weighted by molar-refractivity contribution is 5.85. The molecule has 1 rings (SSSR count). The van der Waals surface area contributed by atoms with Crippen molar-refractivity contribution in [3.63, 3.8) is 0 Å². The third kappa shape index (κ3) is 2.90. The monoisotopic (exact) mass is 217 g/mol. The number of hydrogen-bond donors (Lipinski definition) is 3. The zero-order valence-corrected chi connectivity index (χ0v) is 8.52. The molecule has 0 radical (unpaired) electrons. The van der Waals surface area contributed by atoms with Gasteiger partial charge in [0.25, 0.3) is 5.91 Å². The fourth-order valence-corrected chi connectivity index (χ4v) is 1.42. The SMILES string of the molecule is CC1(C(=O)NC[C@H](O)C(=O)O)CCCO1. The first-order chi connectivity index (χ1) is 6.96. The molecular formula is C9H15NO5. The minimum atomic E-state index is -1.57. The van der Waals surface area contributed by atoms with Crippen molar-refractivity contribution in [2.45, 2.75) is 31.5 Å². The summed E-state index contributed by atoms with van der Waals surface area (Å²) in [5.74, 6) is -1.73. The van der Waals surface area contributed by atoms with Gasteiger partial charge in [-0.05, 0) is 19.8 Å². The molecule has 0 aliphatic carbocycles. The molecule has 1 aliphatic rings. The van der Waals surface area contributed by atoms with Crippen LogP contribution in [0, 0.1) is 0 Å². The van der Waals surface area contributed by atoms with Crippen molar-refractivity contribution in [1.29, 1.82) is 0 Å². The second-order valence-electron chi connectivity index (χ2n) is 3.75. The quantitative estimate of drug-likeness (QED) is 0.568. The molecule has 0 saturated carbocycles. The predicted molar refractivity (Wildman–Crippen MR) is 50.2 cm³/mol. The molecule has 0 aromatic rings. The van der Waals surface area contributed by atoms with Gasteiger partial charge < -0.3 is 20.3 Å². The number of aliphatic carboxylic acids is 1. The van der Waals surface area contributed by atoms with Gasteiger partial charge in [0.2, 0.25) is 0 Å². The van der Waals surface area contributed by atoms with E-state index in [1.54, 1.807) is 6.92 Å². The Bertz CT molecular complexity index is 259. The van der Waals surface area contributed by atoms with Gasteiger partial charge in [0, 0.05) is 6.61 Å². The van der Waals surface area contributed by atoms with Crippen molar-refractivity contribution in [3.05, 3.63) is 0 Å². The fourth-order valence-electron chi connectivity index (χ4n) is 1.42. The lowest BCUT2D eigenvalue weighted by atomic mass is 10.0. The average Bonchev–Trinajstić information content (AvgIpc) is 2.62. The summed E-state index contributed by atoms with van der Waals surface area (Å²) in [5, 5.41) is 19.7. The number of nitrogens with one attached hydrogen (secondary N) is 1. The smallest absolute Gasteiger partial charge is 0.334 e. The molecule has 1 unspecified atom stereocenters. The van der Waals surface area contributed by atoms with E-state index in [1.807, 2.05) is 0 Å². The Morgan fingerprint density at radius 3 is 2.73 bits per heavy atom. The average molecular weight is 217 g/mol. The molecule has 0 aromatic heterocycles. The minimum absolute atomic E-state index is 0.298. The van der Waals surface area contributed by atoms with Crippen LogP contribution >= 0.6 is 0 Å². The molecule has 6 heteroatoms. The molecule has 3 N–H and O–H groups in total. The predicted octanol–water partition coefficient (Wildman–Crippen LogP) is -0.883. The molecule has 86 valence electrons. The van der Waals surface area contributed by atoms with Crippen molar-refractivity contribution < 1.29 is 24.5 Å². The summed E-state index contributed by atoms with van der Waals surface area (Å²) in [6.45, 7) is 1.89. The van der Waals surface area contributed by atoms with Gasteiger partial charge in [0.1, 0.15) is 5.60 Å². The second-order valence-corrected chi connectivity index (χ2v) is 3.75. The summed E-state index contributed by atoms with van der Waals surface area (Å²) in [6, 6.07) is 0. The summed E-state index contributed by atoms with van der Waals surface area (Å²) in [5.41, 5.74) is -0.877.